The van der Waals surface area contributed by atoms with E-state index in [0.29, 0.717) is 16.5 Å². The first-order valence-electron chi connectivity index (χ1n) is 8.38. The number of rotatable bonds is 3. The summed E-state index contributed by atoms with van der Waals surface area (Å²) in [5.41, 5.74) is 4.38. The van der Waals surface area contributed by atoms with Gasteiger partial charge in [-0.05, 0) is 49.1 Å². The lowest BCUT2D eigenvalue weighted by atomic mass is 9.86. The van der Waals surface area contributed by atoms with E-state index in [9.17, 15) is 4.79 Å². The van der Waals surface area contributed by atoms with Gasteiger partial charge in [-0.15, -0.1) is 0 Å². The maximum atomic E-state index is 12.7. The number of anilines is 1. The van der Waals surface area contributed by atoms with Crippen LogP contribution in [0, 0.1) is 5.92 Å². The third kappa shape index (κ3) is 2.98. The van der Waals surface area contributed by atoms with Gasteiger partial charge in [0.1, 0.15) is 5.75 Å². The van der Waals surface area contributed by atoms with Crippen molar-refractivity contribution in [2.75, 3.05) is 12.4 Å². The minimum atomic E-state index is -0.0346. The van der Waals surface area contributed by atoms with Crippen LogP contribution in [-0.4, -0.2) is 18.0 Å². The first kappa shape index (κ1) is 16.0. The fourth-order valence-corrected chi connectivity index (χ4v) is 3.84. The lowest BCUT2D eigenvalue weighted by Crippen LogP contribution is -2.28. The molecule has 25 heavy (non-hydrogen) atoms. The van der Waals surface area contributed by atoms with E-state index >= 15 is 0 Å². The van der Waals surface area contributed by atoms with Crippen LogP contribution in [-0.2, 0) is 17.6 Å². The molecule has 2 N–H and O–H groups in total. The van der Waals surface area contributed by atoms with Crippen molar-refractivity contribution in [3.05, 3.63) is 58.7 Å². The van der Waals surface area contributed by atoms with E-state index in [-0.39, 0.29) is 11.8 Å². The molecule has 0 saturated carbocycles. The quantitative estimate of drug-likeness (QED) is 0.723. The highest BCUT2D eigenvalue weighted by Crippen LogP contribution is 2.33. The molecular weight excluding hydrogens is 336 g/mol. The van der Waals surface area contributed by atoms with Gasteiger partial charge in [-0.1, -0.05) is 29.8 Å². The van der Waals surface area contributed by atoms with Crippen LogP contribution in [0.3, 0.4) is 0 Å². The lowest BCUT2D eigenvalue weighted by molar-refractivity contribution is -0.120. The van der Waals surface area contributed by atoms with Gasteiger partial charge in [-0.3, -0.25) is 4.79 Å². The van der Waals surface area contributed by atoms with Crippen LogP contribution < -0.4 is 10.1 Å². The summed E-state index contributed by atoms with van der Waals surface area (Å²) in [6.07, 6.45) is 2.50. The topological polar surface area (TPSA) is 54.1 Å². The molecule has 5 heteroatoms. The number of aryl methyl sites for hydroxylation is 1. The Hall–Kier alpha value is -2.46. The standard InChI is InChI=1S/C20H19ClN2O2/c1-25-19-9-7-13(11-16(19)21)22-20(24)12-6-8-18-15(10-12)14-4-2-3-5-17(14)23-18/h2-5,7,9,11-12,23H,6,8,10H2,1H3,(H,22,24). The first-order valence-corrected chi connectivity index (χ1v) is 8.76. The second kappa shape index (κ2) is 6.45. The summed E-state index contributed by atoms with van der Waals surface area (Å²) in [5, 5.41) is 4.70. The van der Waals surface area contributed by atoms with Gasteiger partial charge in [0.05, 0.1) is 12.1 Å². The number of halogens is 1. The van der Waals surface area contributed by atoms with E-state index in [2.05, 4.69) is 22.4 Å². The summed E-state index contributed by atoms with van der Waals surface area (Å²) in [7, 11) is 1.57. The SMILES string of the molecule is COc1ccc(NC(=O)C2CCc3[nH]c4ccccc4c3C2)cc1Cl. The zero-order valence-electron chi connectivity index (χ0n) is 13.9. The van der Waals surface area contributed by atoms with Gasteiger partial charge in [0.15, 0.2) is 0 Å². The molecule has 1 heterocycles. The number of aromatic nitrogens is 1. The highest BCUT2D eigenvalue weighted by molar-refractivity contribution is 6.32. The molecule has 1 aliphatic carbocycles. The number of para-hydroxylation sites is 1. The molecule has 0 bridgehead atoms. The molecule has 0 spiro atoms. The Morgan fingerprint density at radius 1 is 1.28 bits per heavy atom. The molecule has 1 aliphatic rings. The van der Waals surface area contributed by atoms with Crippen molar-refractivity contribution in [2.45, 2.75) is 19.3 Å². The highest BCUT2D eigenvalue weighted by atomic mass is 35.5. The molecule has 0 aliphatic heterocycles. The van der Waals surface area contributed by atoms with E-state index in [1.165, 1.54) is 16.6 Å². The number of methoxy groups -OCH3 is 1. The maximum absolute atomic E-state index is 12.7. The molecule has 128 valence electrons. The molecule has 0 radical (unpaired) electrons. The van der Waals surface area contributed by atoms with E-state index in [1.807, 2.05) is 18.2 Å². The van der Waals surface area contributed by atoms with Crippen molar-refractivity contribution in [2.24, 2.45) is 5.92 Å². The molecular formula is C20H19ClN2O2. The third-order valence-corrected chi connectivity index (χ3v) is 5.18. The van der Waals surface area contributed by atoms with Gasteiger partial charge in [-0.2, -0.15) is 0 Å². The predicted molar refractivity (Wildman–Crippen MR) is 100 cm³/mol. The van der Waals surface area contributed by atoms with Crippen LogP contribution in [0.15, 0.2) is 42.5 Å². The van der Waals surface area contributed by atoms with Crippen molar-refractivity contribution < 1.29 is 9.53 Å². The molecule has 1 unspecified atom stereocenters. The number of hydrogen-bond donors (Lipinski definition) is 2. The van der Waals surface area contributed by atoms with Crippen LogP contribution in [0.4, 0.5) is 5.69 Å². The Balaban J connectivity index is 1.53. The van der Waals surface area contributed by atoms with E-state index in [1.54, 1.807) is 19.2 Å². The second-order valence-corrected chi connectivity index (χ2v) is 6.81. The minimum Gasteiger partial charge on any atom is -0.495 e. The molecule has 3 aromatic rings. The van der Waals surface area contributed by atoms with Crippen LogP contribution in [0.25, 0.3) is 10.9 Å². The van der Waals surface area contributed by atoms with Gasteiger partial charge >= 0.3 is 0 Å². The average molecular weight is 355 g/mol. The van der Waals surface area contributed by atoms with Gasteiger partial charge in [0, 0.05) is 28.2 Å². The summed E-state index contributed by atoms with van der Waals surface area (Å²) in [6, 6.07) is 13.6. The zero-order chi connectivity index (χ0) is 17.4. The molecule has 0 fully saturated rings. The van der Waals surface area contributed by atoms with Crippen molar-refractivity contribution >= 4 is 34.1 Å². The number of H-pyrrole nitrogens is 1. The van der Waals surface area contributed by atoms with Crippen molar-refractivity contribution in [1.82, 2.24) is 4.98 Å². The summed E-state index contributed by atoms with van der Waals surface area (Å²) in [5.74, 6) is 0.602. The lowest BCUT2D eigenvalue weighted by Gasteiger charge is -2.22. The largest absolute Gasteiger partial charge is 0.495 e. The Morgan fingerprint density at radius 2 is 2.12 bits per heavy atom. The number of hydrogen-bond acceptors (Lipinski definition) is 2. The number of benzene rings is 2. The number of carbonyl (C=O) groups is 1. The molecule has 4 nitrogen and oxygen atoms in total. The summed E-state index contributed by atoms with van der Waals surface area (Å²) >= 11 is 6.14. The normalized spacial score (nSPS) is 16.5. The smallest absolute Gasteiger partial charge is 0.227 e. The van der Waals surface area contributed by atoms with E-state index < -0.39 is 0 Å². The molecule has 2 aromatic carbocycles. The molecule has 1 aromatic heterocycles. The summed E-state index contributed by atoms with van der Waals surface area (Å²) in [4.78, 5) is 16.2. The third-order valence-electron chi connectivity index (χ3n) is 4.89. The predicted octanol–water partition coefficient (Wildman–Crippen LogP) is 4.57. The molecule has 0 saturated heterocycles. The van der Waals surface area contributed by atoms with Gasteiger partial charge in [0.2, 0.25) is 5.91 Å². The van der Waals surface area contributed by atoms with Crippen LogP contribution in [0.2, 0.25) is 5.02 Å². The Bertz CT molecular complexity index is 948. The number of ether oxygens (including phenoxy) is 1. The molecule has 4 rings (SSSR count). The first-order chi connectivity index (χ1) is 12.2. The number of amides is 1. The van der Waals surface area contributed by atoms with E-state index in [0.717, 1.165) is 24.8 Å². The van der Waals surface area contributed by atoms with Crippen molar-refractivity contribution in [3.8, 4) is 5.75 Å². The summed E-state index contributed by atoms with van der Waals surface area (Å²) in [6.45, 7) is 0. The van der Waals surface area contributed by atoms with Gasteiger partial charge in [0.25, 0.3) is 0 Å². The number of fused-ring (bicyclic) bond motifs is 3. The number of carbonyl (C=O) groups excluding carboxylic acids is 1. The number of aromatic amines is 1. The monoisotopic (exact) mass is 354 g/mol. The molecule has 1 amide bonds. The highest BCUT2D eigenvalue weighted by Gasteiger charge is 2.27. The minimum absolute atomic E-state index is 0.0346. The van der Waals surface area contributed by atoms with Crippen LogP contribution in [0.5, 0.6) is 5.75 Å². The zero-order valence-corrected chi connectivity index (χ0v) is 14.7. The Labute approximate surface area is 151 Å². The summed E-state index contributed by atoms with van der Waals surface area (Å²) < 4.78 is 5.14. The van der Waals surface area contributed by atoms with Crippen LogP contribution in [0.1, 0.15) is 17.7 Å². The van der Waals surface area contributed by atoms with Crippen LogP contribution >= 0.6 is 11.6 Å². The number of nitrogens with one attached hydrogen (secondary N) is 2. The molecule has 1 atom stereocenters. The Morgan fingerprint density at radius 3 is 2.92 bits per heavy atom. The van der Waals surface area contributed by atoms with Crippen molar-refractivity contribution in [3.63, 3.8) is 0 Å². The van der Waals surface area contributed by atoms with E-state index in [4.69, 9.17) is 16.3 Å². The maximum Gasteiger partial charge on any atom is 0.227 e. The second-order valence-electron chi connectivity index (χ2n) is 6.41. The fraction of sp³-hybridized carbons (Fsp3) is 0.250. The van der Waals surface area contributed by atoms with Gasteiger partial charge < -0.3 is 15.0 Å². The fourth-order valence-electron chi connectivity index (χ4n) is 3.58. The van der Waals surface area contributed by atoms with Crippen molar-refractivity contribution in [1.29, 1.82) is 0 Å². The van der Waals surface area contributed by atoms with Gasteiger partial charge in [-0.25, -0.2) is 0 Å². The average Bonchev–Trinajstić information content (AvgIpc) is 2.99. The Kier molecular flexibility index (Phi) is 4.14.